The molecule has 0 bridgehead atoms. The molecule has 0 radical (unpaired) electrons. The fourth-order valence-corrected chi connectivity index (χ4v) is 7.21. The monoisotopic (exact) mass is 700 g/mol. The minimum absolute atomic E-state index is 0.0241. The van der Waals surface area contributed by atoms with Crippen molar-refractivity contribution >= 4 is 11.8 Å². The van der Waals surface area contributed by atoms with E-state index in [9.17, 15) is 30.0 Å². The number of methoxy groups -OCH3 is 2. The van der Waals surface area contributed by atoms with Gasteiger partial charge in [0, 0.05) is 44.5 Å². The highest BCUT2D eigenvalue weighted by atomic mass is 16.7. The molecule has 3 unspecified atom stereocenters. The van der Waals surface area contributed by atoms with Crippen LogP contribution in [0.4, 0.5) is 0 Å². The van der Waals surface area contributed by atoms with E-state index < -0.39 is 110 Å². The second-order valence-corrected chi connectivity index (χ2v) is 14.2. The third-order valence-electron chi connectivity index (χ3n) is 10.3. The van der Waals surface area contributed by atoms with Gasteiger partial charge < -0.3 is 58.3 Å². The Hall–Kier alpha value is -1.82. The average molecular weight is 701 g/mol. The number of aliphatic hydroxyl groups is 4. The predicted octanol–water partition coefficient (Wildman–Crippen LogP) is 1.05. The van der Waals surface area contributed by atoms with Crippen LogP contribution in [0, 0.1) is 23.7 Å². The van der Waals surface area contributed by atoms with E-state index in [-0.39, 0.29) is 24.7 Å². The molecule has 0 aromatic rings. The molecule has 4 aliphatic rings. The van der Waals surface area contributed by atoms with Gasteiger partial charge in [-0.25, -0.2) is 4.79 Å². The number of rotatable bonds is 8. The largest absolute Gasteiger partial charge is 0.459 e. The smallest absolute Gasteiger partial charge is 0.330 e. The Labute approximate surface area is 288 Å². The molecular formula is C35H56O14. The topological polar surface area (TPSA) is 192 Å². The van der Waals surface area contributed by atoms with Gasteiger partial charge in [-0.2, -0.15) is 0 Å². The highest BCUT2D eigenvalue weighted by Crippen LogP contribution is 2.37. The van der Waals surface area contributed by atoms with Crippen LogP contribution in [0.2, 0.25) is 0 Å². The van der Waals surface area contributed by atoms with Crippen molar-refractivity contribution in [3.05, 3.63) is 24.3 Å². The van der Waals surface area contributed by atoms with Crippen LogP contribution >= 0.6 is 0 Å². The van der Waals surface area contributed by atoms with Crippen molar-refractivity contribution in [3.8, 4) is 0 Å². The number of carbonyl (C=O) groups is 2. The number of ether oxygens (including phenoxy) is 8. The van der Waals surface area contributed by atoms with E-state index in [1.807, 2.05) is 20.8 Å². The number of allylic oxidation sites excluding steroid dienone is 1. The van der Waals surface area contributed by atoms with E-state index in [1.165, 1.54) is 26.4 Å². The maximum Gasteiger partial charge on any atom is 0.330 e. The molecule has 0 aromatic heterocycles. The zero-order valence-corrected chi connectivity index (χ0v) is 29.7. The highest BCUT2D eigenvalue weighted by Gasteiger charge is 2.50. The third kappa shape index (κ3) is 9.54. The summed E-state index contributed by atoms with van der Waals surface area (Å²) in [5, 5.41) is 42.1. The lowest BCUT2D eigenvalue weighted by molar-refractivity contribution is -0.314. The third-order valence-corrected chi connectivity index (χ3v) is 10.3. The van der Waals surface area contributed by atoms with Crippen molar-refractivity contribution in [2.24, 2.45) is 23.7 Å². The number of hydrogen-bond donors (Lipinski definition) is 4. The molecule has 49 heavy (non-hydrogen) atoms. The summed E-state index contributed by atoms with van der Waals surface area (Å²) in [6.45, 7) is 10.1. The van der Waals surface area contributed by atoms with Crippen LogP contribution in [-0.4, -0.2) is 139 Å². The molecule has 3 saturated heterocycles. The Balaban J connectivity index is 1.54. The van der Waals surface area contributed by atoms with Crippen molar-refractivity contribution in [2.75, 3.05) is 27.4 Å². The number of carbonyl (C=O) groups excluding carboxylic acids is 2. The number of fused-ring (bicyclic) bond motifs is 1. The SMILES string of the molecule is CO[C@@H]1[C@H](O)[C@@H](C)O[C@@H](OCC2[C@@H](C)OC(=O)/C=C/[C@H](C)[C@@H](OC3OC(C)C[C@](O)(CO)[C@H]3O)[C@@H](C)C[C@@H](C)C(=O)/C=C/[C@H]3O[C@@H]23)[C@@H]1OC. The van der Waals surface area contributed by atoms with E-state index in [1.54, 1.807) is 32.9 Å². The van der Waals surface area contributed by atoms with E-state index >= 15 is 0 Å². The van der Waals surface area contributed by atoms with Gasteiger partial charge in [-0.3, -0.25) is 4.79 Å². The summed E-state index contributed by atoms with van der Waals surface area (Å²) < 4.78 is 47.0. The minimum Gasteiger partial charge on any atom is -0.459 e. The molecule has 4 rings (SSSR count). The summed E-state index contributed by atoms with van der Waals surface area (Å²) in [6, 6.07) is 0. The summed E-state index contributed by atoms with van der Waals surface area (Å²) in [6.07, 6.45) is -2.62. The molecule has 0 saturated carbocycles. The van der Waals surface area contributed by atoms with E-state index in [4.69, 9.17) is 37.9 Å². The van der Waals surface area contributed by atoms with Gasteiger partial charge in [0.15, 0.2) is 18.4 Å². The van der Waals surface area contributed by atoms with Gasteiger partial charge in [-0.1, -0.05) is 26.8 Å². The summed E-state index contributed by atoms with van der Waals surface area (Å²) in [4.78, 5) is 26.4. The number of cyclic esters (lactones) is 1. The standard InChI is InChI=1S/C35H56O14/c1-17-9-12-26(38)46-21(5)23(15-44-33-31(43-8)30(42-7)27(39)22(6)47-33)29-25(48-29)11-10-24(37)18(2)13-19(3)28(17)49-34-32(40)35(41,16-36)14-20(4)45-34/h9-12,17-23,25,27-34,36,39-41H,13-16H2,1-8H3/b11-10+,12-9+/t17-,18+,19-,20?,21+,22+,23?,25+,27+,28+,29-,30+,31+,32-,33+,34?,35-/m0/s1. The molecule has 3 fully saturated rings. The molecule has 0 spiro atoms. The molecule has 0 aromatic carbocycles. The Morgan fingerprint density at radius 2 is 1.57 bits per heavy atom. The number of epoxide rings is 1. The van der Waals surface area contributed by atoms with Crippen LogP contribution in [0.1, 0.15) is 54.4 Å². The first-order valence-corrected chi connectivity index (χ1v) is 17.2. The van der Waals surface area contributed by atoms with Crippen LogP contribution in [0.3, 0.4) is 0 Å². The van der Waals surface area contributed by atoms with Gasteiger partial charge >= 0.3 is 5.97 Å². The fourth-order valence-electron chi connectivity index (χ4n) is 7.21. The lowest BCUT2D eigenvalue weighted by Crippen LogP contribution is -2.60. The molecule has 280 valence electrons. The van der Waals surface area contributed by atoms with Crippen LogP contribution in [-0.2, 0) is 47.5 Å². The van der Waals surface area contributed by atoms with E-state index in [0.717, 1.165) is 0 Å². The number of aliphatic hydroxyl groups excluding tert-OH is 3. The van der Waals surface area contributed by atoms with E-state index in [0.29, 0.717) is 6.42 Å². The van der Waals surface area contributed by atoms with Gasteiger partial charge in [-0.05, 0) is 45.3 Å². The molecule has 4 aliphatic heterocycles. The van der Waals surface area contributed by atoms with Crippen LogP contribution < -0.4 is 0 Å². The van der Waals surface area contributed by atoms with Crippen molar-refractivity contribution in [2.45, 2.75) is 134 Å². The highest BCUT2D eigenvalue weighted by molar-refractivity contribution is 5.91. The fraction of sp³-hybridized carbons (Fsp3) is 0.829. The minimum atomic E-state index is -1.81. The lowest BCUT2D eigenvalue weighted by Gasteiger charge is -2.45. The predicted molar refractivity (Wildman–Crippen MR) is 173 cm³/mol. The van der Waals surface area contributed by atoms with Crippen LogP contribution in [0.15, 0.2) is 24.3 Å². The maximum absolute atomic E-state index is 13.2. The van der Waals surface area contributed by atoms with Gasteiger partial charge in [0.1, 0.15) is 42.2 Å². The second-order valence-electron chi connectivity index (χ2n) is 14.2. The molecule has 14 heteroatoms. The summed E-state index contributed by atoms with van der Waals surface area (Å²) in [5.41, 5.74) is -1.81. The zero-order valence-electron chi connectivity index (χ0n) is 29.7. The van der Waals surface area contributed by atoms with Crippen molar-refractivity contribution in [1.29, 1.82) is 0 Å². The zero-order chi connectivity index (χ0) is 36.2. The Morgan fingerprint density at radius 3 is 2.22 bits per heavy atom. The van der Waals surface area contributed by atoms with Gasteiger partial charge in [0.05, 0.1) is 37.6 Å². The molecule has 0 aliphatic carbocycles. The number of hydrogen-bond acceptors (Lipinski definition) is 14. The quantitative estimate of drug-likeness (QED) is 0.208. The van der Waals surface area contributed by atoms with Gasteiger partial charge in [0.25, 0.3) is 0 Å². The molecule has 14 nitrogen and oxygen atoms in total. The van der Waals surface area contributed by atoms with Crippen LogP contribution in [0.5, 0.6) is 0 Å². The van der Waals surface area contributed by atoms with Gasteiger partial charge in [-0.15, -0.1) is 0 Å². The first-order chi connectivity index (χ1) is 23.1. The van der Waals surface area contributed by atoms with Crippen molar-refractivity contribution < 1.29 is 67.9 Å². The van der Waals surface area contributed by atoms with E-state index in [2.05, 4.69) is 0 Å². The molecular weight excluding hydrogens is 644 g/mol. The summed E-state index contributed by atoms with van der Waals surface area (Å²) >= 11 is 0. The van der Waals surface area contributed by atoms with Gasteiger partial charge in [0.2, 0.25) is 0 Å². The van der Waals surface area contributed by atoms with Crippen LogP contribution in [0.25, 0.3) is 0 Å². The molecule has 17 atom stereocenters. The molecule has 0 amide bonds. The second kappa shape index (κ2) is 17.1. The first-order valence-electron chi connectivity index (χ1n) is 17.2. The maximum atomic E-state index is 13.2. The number of ketones is 1. The Morgan fingerprint density at radius 1 is 0.878 bits per heavy atom. The summed E-state index contributed by atoms with van der Waals surface area (Å²) in [5.74, 6) is -2.23. The first kappa shape index (κ1) is 40.0. The Kier molecular flexibility index (Phi) is 14.0. The lowest BCUT2D eigenvalue weighted by atomic mass is 9.84. The normalized spacial score (nSPS) is 48.3. The van der Waals surface area contributed by atoms with Crippen molar-refractivity contribution in [3.63, 3.8) is 0 Å². The number of esters is 1. The molecule has 4 heterocycles. The average Bonchev–Trinajstić information content (AvgIpc) is 3.83. The Bertz CT molecular complexity index is 1160. The summed E-state index contributed by atoms with van der Waals surface area (Å²) in [7, 11) is 2.95. The molecule has 4 N–H and O–H groups in total. The van der Waals surface area contributed by atoms with Crippen molar-refractivity contribution in [1.82, 2.24) is 0 Å².